The number of halogens is 1. The van der Waals surface area contributed by atoms with E-state index in [1.165, 1.54) is 29.5 Å². The standard InChI is InChI=1S/C18H14ClN3O3S/c1-11-7-13(5-6-16(11)22(24)25)17(23)21-18-20-10-15(26-18)9-12-3-2-4-14(19)8-12/h2-8,10H,9H2,1H3,(H,20,21,23). The summed E-state index contributed by atoms with van der Waals surface area (Å²) in [6, 6.07) is 11.8. The molecular weight excluding hydrogens is 374 g/mol. The Morgan fingerprint density at radius 1 is 1.31 bits per heavy atom. The van der Waals surface area contributed by atoms with E-state index >= 15 is 0 Å². The first-order valence-corrected chi connectivity index (χ1v) is 8.87. The summed E-state index contributed by atoms with van der Waals surface area (Å²) >= 11 is 7.36. The number of carbonyl (C=O) groups excluding carboxylic acids is 1. The van der Waals surface area contributed by atoms with Crippen LogP contribution in [0.3, 0.4) is 0 Å². The van der Waals surface area contributed by atoms with Gasteiger partial charge in [0.25, 0.3) is 11.6 Å². The van der Waals surface area contributed by atoms with Crippen molar-refractivity contribution in [3.8, 4) is 0 Å². The van der Waals surface area contributed by atoms with E-state index in [1.54, 1.807) is 13.1 Å². The maximum absolute atomic E-state index is 12.3. The number of hydrogen-bond acceptors (Lipinski definition) is 5. The van der Waals surface area contributed by atoms with Gasteiger partial charge in [0, 0.05) is 39.7 Å². The Hall–Kier alpha value is -2.77. The number of aryl methyl sites for hydroxylation is 1. The fourth-order valence-electron chi connectivity index (χ4n) is 2.47. The van der Waals surface area contributed by atoms with Crippen molar-refractivity contribution in [2.24, 2.45) is 0 Å². The second kappa shape index (κ2) is 7.63. The lowest BCUT2D eigenvalue weighted by atomic mass is 10.1. The van der Waals surface area contributed by atoms with Crippen LogP contribution >= 0.6 is 22.9 Å². The molecule has 8 heteroatoms. The summed E-state index contributed by atoms with van der Waals surface area (Å²) in [7, 11) is 0. The lowest BCUT2D eigenvalue weighted by Gasteiger charge is -2.03. The molecule has 0 aliphatic rings. The van der Waals surface area contributed by atoms with Crippen LogP contribution in [0.25, 0.3) is 0 Å². The number of nitrogens with zero attached hydrogens (tertiary/aromatic N) is 2. The van der Waals surface area contributed by atoms with Crippen molar-refractivity contribution in [2.75, 3.05) is 5.32 Å². The zero-order chi connectivity index (χ0) is 18.7. The quantitative estimate of drug-likeness (QED) is 0.500. The average Bonchev–Trinajstić information content (AvgIpc) is 3.01. The molecule has 0 atom stereocenters. The molecule has 0 saturated carbocycles. The van der Waals surface area contributed by atoms with Crippen LogP contribution in [0.1, 0.15) is 26.4 Å². The number of hydrogen-bond donors (Lipinski definition) is 1. The topological polar surface area (TPSA) is 85.1 Å². The monoisotopic (exact) mass is 387 g/mol. The summed E-state index contributed by atoms with van der Waals surface area (Å²) in [5.41, 5.74) is 1.83. The number of nitrogens with one attached hydrogen (secondary N) is 1. The molecule has 1 aromatic heterocycles. The van der Waals surface area contributed by atoms with Crippen molar-refractivity contribution in [3.05, 3.63) is 85.4 Å². The summed E-state index contributed by atoms with van der Waals surface area (Å²) in [6.07, 6.45) is 2.38. The molecule has 0 aliphatic carbocycles. The molecule has 3 aromatic rings. The van der Waals surface area contributed by atoms with Gasteiger partial charge in [-0.05, 0) is 36.8 Å². The van der Waals surface area contributed by atoms with E-state index in [9.17, 15) is 14.9 Å². The van der Waals surface area contributed by atoms with Gasteiger partial charge in [0.2, 0.25) is 0 Å². The first-order chi connectivity index (χ1) is 12.4. The molecule has 6 nitrogen and oxygen atoms in total. The number of anilines is 1. The average molecular weight is 388 g/mol. The lowest BCUT2D eigenvalue weighted by molar-refractivity contribution is -0.385. The third kappa shape index (κ3) is 4.25. The van der Waals surface area contributed by atoms with E-state index in [2.05, 4.69) is 10.3 Å². The highest BCUT2D eigenvalue weighted by atomic mass is 35.5. The Morgan fingerprint density at radius 3 is 2.81 bits per heavy atom. The number of nitro benzene ring substituents is 1. The first kappa shape index (κ1) is 18.0. The minimum absolute atomic E-state index is 0.0143. The van der Waals surface area contributed by atoms with Gasteiger partial charge in [-0.15, -0.1) is 11.3 Å². The van der Waals surface area contributed by atoms with Crippen molar-refractivity contribution in [1.82, 2.24) is 4.98 Å². The van der Waals surface area contributed by atoms with Crippen LogP contribution in [0.15, 0.2) is 48.7 Å². The predicted octanol–water partition coefficient (Wildman–Crippen LogP) is 4.86. The Kier molecular flexibility index (Phi) is 5.29. The fourth-order valence-corrected chi connectivity index (χ4v) is 3.52. The van der Waals surface area contributed by atoms with Crippen LogP contribution in [0.4, 0.5) is 10.8 Å². The van der Waals surface area contributed by atoms with E-state index < -0.39 is 4.92 Å². The molecule has 132 valence electrons. The van der Waals surface area contributed by atoms with Crippen molar-refractivity contribution in [3.63, 3.8) is 0 Å². The Balaban J connectivity index is 1.69. The molecular formula is C18H14ClN3O3S. The molecule has 1 heterocycles. The molecule has 1 amide bonds. The van der Waals surface area contributed by atoms with Gasteiger partial charge in [-0.1, -0.05) is 23.7 Å². The van der Waals surface area contributed by atoms with Crippen molar-refractivity contribution in [1.29, 1.82) is 0 Å². The first-order valence-electron chi connectivity index (χ1n) is 7.68. The van der Waals surface area contributed by atoms with E-state index in [-0.39, 0.29) is 11.6 Å². The van der Waals surface area contributed by atoms with Gasteiger partial charge >= 0.3 is 0 Å². The van der Waals surface area contributed by atoms with Crippen LogP contribution in [-0.2, 0) is 6.42 Å². The van der Waals surface area contributed by atoms with Gasteiger partial charge in [-0.25, -0.2) is 4.98 Å². The maximum atomic E-state index is 12.3. The lowest BCUT2D eigenvalue weighted by Crippen LogP contribution is -2.12. The molecule has 0 radical (unpaired) electrons. The van der Waals surface area contributed by atoms with Gasteiger partial charge in [0.05, 0.1) is 4.92 Å². The summed E-state index contributed by atoms with van der Waals surface area (Å²) in [4.78, 5) is 27.9. The highest BCUT2D eigenvalue weighted by Gasteiger charge is 2.15. The summed E-state index contributed by atoms with van der Waals surface area (Å²) < 4.78 is 0. The molecule has 1 N–H and O–H groups in total. The van der Waals surface area contributed by atoms with Gasteiger partial charge < -0.3 is 0 Å². The largest absolute Gasteiger partial charge is 0.298 e. The maximum Gasteiger partial charge on any atom is 0.272 e. The number of amides is 1. The highest BCUT2D eigenvalue weighted by molar-refractivity contribution is 7.15. The summed E-state index contributed by atoms with van der Waals surface area (Å²) in [5.74, 6) is -0.355. The zero-order valence-corrected chi connectivity index (χ0v) is 15.3. The summed E-state index contributed by atoms with van der Waals surface area (Å²) in [5, 5.41) is 14.7. The van der Waals surface area contributed by atoms with Crippen molar-refractivity contribution in [2.45, 2.75) is 13.3 Å². The van der Waals surface area contributed by atoms with E-state index in [4.69, 9.17) is 11.6 Å². The van der Waals surface area contributed by atoms with E-state index in [0.29, 0.717) is 27.7 Å². The molecule has 2 aromatic carbocycles. The van der Waals surface area contributed by atoms with Crippen molar-refractivity contribution < 1.29 is 9.72 Å². The number of benzene rings is 2. The Morgan fingerprint density at radius 2 is 2.12 bits per heavy atom. The third-order valence-corrected chi connectivity index (χ3v) is 4.84. The predicted molar refractivity (Wildman–Crippen MR) is 102 cm³/mol. The van der Waals surface area contributed by atoms with Gasteiger partial charge in [-0.3, -0.25) is 20.2 Å². The van der Waals surface area contributed by atoms with Crippen LogP contribution < -0.4 is 5.32 Å². The molecule has 0 unspecified atom stereocenters. The fraction of sp³-hybridized carbons (Fsp3) is 0.111. The molecule has 0 spiro atoms. The number of aromatic nitrogens is 1. The number of rotatable bonds is 5. The molecule has 0 aliphatic heterocycles. The SMILES string of the molecule is Cc1cc(C(=O)Nc2ncc(Cc3cccc(Cl)c3)s2)ccc1[N+](=O)[O-]. The van der Waals surface area contributed by atoms with Crippen LogP contribution in [0.2, 0.25) is 5.02 Å². The summed E-state index contributed by atoms with van der Waals surface area (Å²) in [6.45, 7) is 1.60. The number of thiazole rings is 1. The number of carbonyl (C=O) groups is 1. The van der Waals surface area contributed by atoms with Gasteiger partial charge in [0.15, 0.2) is 5.13 Å². The van der Waals surface area contributed by atoms with E-state index in [1.807, 2.05) is 24.3 Å². The zero-order valence-electron chi connectivity index (χ0n) is 13.7. The third-order valence-electron chi connectivity index (χ3n) is 3.70. The van der Waals surface area contributed by atoms with Crippen LogP contribution in [0.5, 0.6) is 0 Å². The smallest absolute Gasteiger partial charge is 0.272 e. The molecule has 3 rings (SSSR count). The normalized spacial score (nSPS) is 10.5. The second-order valence-electron chi connectivity index (χ2n) is 5.65. The minimum Gasteiger partial charge on any atom is -0.298 e. The molecule has 26 heavy (non-hydrogen) atoms. The van der Waals surface area contributed by atoms with Gasteiger partial charge in [-0.2, -0.15) is 0 Å². The second-order valence-corrected chi connectivity index (χ2v) is 7.20. The minimum atomic E-state index is -0.472. The van der Waals surface area contributed by atoms with Crippen LogP contribution in [0, 0.1) is 17.0 Å². The molecule has 0 fully saturated rings. The van der Waals surface area contributed by atoms with Crippen LogP contribution in [-0.4, -0.2) is 15.8 Å². The number of nitro groups is 1. The Labute approximate surface area is 158 Å². The van der Waals surface area contributed by atoms with E-state index in [0.717, 1.165) is 10.4 Å². The molecule has 0 saturated heterocycles. The van der Waals surface area contributed by atoms with Gasteiger partial charge in [0.1, 0.15) is 0 Å². The highest BCUT2D eigenvalue weighted by Crippen LogP contribution is 2.24. The Bertz CT molecular complexity index is 987. The van der Waals surface area contributed by atoms with Crippen molar-refractivity contribution >= 4 is 39.7 Å². The molecule has 0 bridgehead atoms.